The van der Waals surface area contributed by atoms with Crippen LogP contribution in [0.2, 0.25) is 0 Å². The van der Waals surface area contributed by atoms with Gasteiger partial charge in [0.2, 0.25) is 0 Å². The van der Waals surface area contributed by atoms with Crippen LogP contribution in [-0.4, -0.2) is 36.9 Å². The zero-order chi connectivity index (χ0) is 11.6. The first-order valence-corrected chi connectivity index (χ1v) is 5.37. The molecule has 1 heterocycles. The average molecular weight is 324 g/mol. The molecule has 7 heteroatoms. The zero-order valence-electron chi connectivity index (χ0n) is 8.68. The smallest absolute Gasteiger partial charge is 0.341 e. The van der Waals surface area contributed by atoms with Gasteiger partial charge in [-0.1, -0.05) is 0 Å². The molecule has 0 fully saturated rings. The van der Waals surface area contributed by atoms with E-state index in [-0.39, 0.29) is 5.56 Å². The zero-order valence-corrected chi connectivity index (χ0v) is 10.8. The molecule has 4 N–H and O–H groups in total. The molecule has 0 unspecified atom stereocenters. The Bertz CT molecular complexity index is 388. The van der Waals surface area contributed by atoms with Crippen molar-refractivity contribution in [1.82, 2.24) is 4.68 Å². The number of halogens is 1. The third kappa shape index (κ3) is 1.83. The van der Waals surface area contributed by atoms with E-state index in [0.29, 0.717) is 11.5 Å². The normalized spacial score (nSPS) is 9.87. The summed E-state index contributed by atoms with van der Waals surface area (Å²) in [5.41, 5.74) is 3.74. The largest absolute Gasteiger partial charge is 0.477 e. The highest BCUT2D eigenvalue weighted by Gasteiger charge is 2.24. The Kier molecular flexibility index (Phi) is 3.66. The van der Waals surface area contributed by atoms with E-state index in [1.165, 1.54) is 0 Å². The van der Waals surface area contributed by atoms with E-state index in [2.05, 4.69) is 38.7 Å². The van der Waals surface area contributed by atoms with Gasteiger partial charge in [0.25, 0.3) is 0 Å². The van der Waals surface area contributed by atoms with Crippen molar-refractivity contribution >= 4 is 40.1 Å². The number of nitrogens with zero attached hydrogens (tertiary/aromatic N) is 1. The Morgan fingerprint density at radius 1 is 1.33 bits per heavy atom. The van der Waals surface area contributed by atoms with Crippen molar-refractivity contribution in [1.29, 1.82) is 0 Å². The lowest BCUT2D eigenvalue weighted by molar-refractivity contribution is 0.0699. The Hall–Kier alpha value is -1.12. The van der Waals surface area contributed by atoms with Crippen LogP contribution in [-0.2, 0) is 0 Å². The van der Waals surface area contributed by atoms with Crippen molar-refractivity contribution < 1.29 is 9.90 Å². The fraction of sp³-hybridized carbons (Fsp3) is 0.375. The van der Waals surface area contributed by atoms with Crippen LogP contribution in [0.25, 0.3) is 0 Å². The van der Waals surface area contributed by atoms with Crippen molar-refractivity contribution in [3.63, 3.8) is 0 Å². The number of rotatable bonds is 4. The van der Waals surface area contributed by atoms with Crippen LogP contribution in [0, 0.1) is 3.70 Å². The van der Waals surface area contributed by atoms with E-state index in [1.807, 2.05) is 0 Å². The molecule has 1 aromatic rings. The van der Waals surface area contributed by atoms with Gasteiger partial charge >= 0.3 is 5.97 Å². The van der Waals surface area contributed by atoms with Crippen LogP contribution in [0.1, 0.15) is 10.4 Å². The minimum atomic E-state index is -0.962. The number of carbonyl (C=O) groups is 1. The van der Waals surface area contributed by atoms with E-state index in [0.717, 1.165) is 3.70 Å². The second kappa shape index (κ2) is 4.60. The molecule has 0 aliphatic carbocycles. The molecule has 15 heavy (non-hydrogen) atoms. The minimum Gasteiger partial charge on any atom is -0.477 e. The predicted octanol–water partition coefficient (Wildman–Crippen LogP) is 1.05. The van der Waals surface area contributed by atoms with E-state index >= 15 is 0 Å². The molecule has 0 saturated heterocycles. The van der Waals surface area contributed by atoms with Gasteiger partial charge in [-0.3, -0.25) is 0 Å². The van der Waals surface area contributed by atoms with E-state index in [9.17, 15) is 4.79 Å². The first-order chi connectivity index (χ1) is 7.08. The Morgan fingerprint density at radius 2 is 1.93 bits per heavy atom. The molecule has 0 aliphatic heterocycles. The van der Waals surface area contributed by atoms with Crippen LogP contribution in [0.4, 0.5) is 11.5 Å². The lowest BCUT2D eigenvalue weighted by Gasteiger charge is -2.08. The molecule has 84 valence electrons. The molecule has 0 amide bonds. The number of carboxylic acid groups (broad SMARTS) is 1. The van der Waals surface area contributed by atoms with Crippen molar-refractivity contribution in [2.75, 3.05) is 37.2 Å². The highest BCUT2D eigenvalue weighted by molar-refractivity contribution is 14.1. The number of aromatic carboxylic acids is 1. The van der Waals surface area contributed by atoms with Crippen molar-refractivity contribution in [2.24, 2.45) is 0 Å². The fourth-order valence-corrected chi connectivity index (χ4v) is 2.45. The lowest BCUT2D eigenvalue weighted by Crippen LogP contribution is -2.14. The minimum absolute atomic E-state index is 0.235. The van der Waals surface area contributed by atoms with Crippen molar-refractivity contribution in [2.45, 2.75) is 0 Å². The van der Waals surface area contributed by atoms with Gasteiger partial charge in [-0.25, -0.2) is 9.47 Å². The standard InChI is InChI=1S/C8H13IN4O2/c1-10-5-4(8(14)15)7(11-2)13(12-3)6(5)9/h10-12H,1-3H3,(H,14,15). The maximum absolute atomic E-state index is 11.1. The average Bonchev–Trinajstić information content (AvgIpc) is 2.49. The highest BCUT2D eigenvalue weighted by Crippen LogP contribution is 2.31. The quantitative estimate of drug-likeness (QED) is 0.623. The van der Waals surface area contributed by atoms with Gasteiger partial charge in [-0.2, -0.15) is 0 Å². The molecule has 0 saturated carbocycles. The van der Waals surface area contributed by atoms with Crippen LogP contribution in [0.3, 0.4) is 0 Å². The van der Waals surface area contributed by atoms with Gasteiger partial charge in [-0.05, 0) is 22.6 Å². The molecule has 0 bridgehead atoms. The molecule has 0 spiro atoms. The third-order valence-corrected chi connectivity index (χ3v) is 3.06. The number of nitrogens with one attached hydrogen (secondary N) is 3. The summed E-state index contributed by atoms with van der Waals surface area (Å²) < 4.78 is 2.47. The van der Waals surface area contributed by atoms with Crippen LogP contribution >= 0.6 is 22.6 Å². The summed E-state index contributed by atoms with van der Waals surface area (Å²) in [4.78, 5) is 11.1. The summed E-state index contributed by atoms with van der Waals surface area (Å²) in [5.74, 6) is -0.436. The fourth-order valence-electron chi connectivity index (χ4n) is 1.43. The molecule has 6 nitrogen and oxygen atoms in total. The van der Waals surface area contributed by atoms with Crippen LogP contribution < -0.4 is 16.1 Å². The summed E-state index contributed by atoms with van der Waals surface area (Å²) in [6, 6.07) is 0. The van der Waals surface area contributed by atoms with Gasteiger partial charge < -0.3 is 21.2 Å². The number of carboxylic acids is 1. The maximum Gasteiger partial charge on any atom is 0.341 e. The third-order valence-electron chi connectivity index (χ3n) is 2.04. The Morgan fingerprint density at radius 3 is 2.27 bits per heavy atom. The Labute approximate surface area is 101 Å². The number of hydrogen-bond acceptors (Lipinski definition) is 4. The molecule has 0 atom stereocenters. The first kappa shape index (κ1) is 12.0. The number of aromatic nitrogens is 1. The summed E-state index contributed by atoms with van der Waals surface area (Å²) in [7, 11) is 5.11. The second-order valence-corrected chi connectivity index (χ2v) is 3.78. The molecule has 1 rings (SSSR count). The predicted molar refractivity (Wildman–Crippen MR) is 68.5 cm³/mol. The van der Waals surface area contributed by atoms with E-state index in [4.69, 9.17) is 5.11 Å². The van der Waals surface area contributed by atoms with Gasteiger partial charge in [-0.15, -0.1) is 0 Å². The number of hydrogen-bond donors (Lipinski definition) is 4. The molecule has 0 aromatic carbocycles. The van der Waals surface area contributed by atoms with Gasteiger partial charge in [0.05, 0.1) is 5.69 Å². The first-order valence-electron chi connectivity index (χ1n) is 4.29. The van der Waals surface area contributed by atoms with Crippen LogP contribution in [0.5, 0.6) is 0 Å². The molecule has 0 radical (unpaired) electrons. The lowest BCUT2D eigenvalue weighted by atomic mass is 10.3. The summed E-state index contributed by atoms with van der Waals surface area (Å²) in [5, 5.41) is 14.9. The van der Waals surface area contributed by atoms with E-state index < -0.39 is 5.97 Å². The van der Waals surface area contributed by atoms with Gasteiger partial charge in [0.15, 0.2) is 0 Å². The molecule has 0 aliphatic rings. The van der Waals surface area contributed by atoms with Crippen LogP contribution in [0.15, 0.2) is 0 Å². The van der Waals surface area contributed by atoms with Gasteiger partial charge in [0.1, 0.15) is 15.1 Å². The summed E-state index contributed by atoms with van der Waals surface area (Å²) in [6.07, 6.45) is 0. The molecule has 1 aromatic heterocycles. The maximum atomic E-state index is 11.1. The van der Waals surface area contributed by atoms with Crippen molar-refractivity contribution in [3.05, 3.63) is 9.26 Å². The van der Waals surface area contributed by atoms with E-state index in [1.54, 1.807) is 25.8 Å². The second-order valence-electron chi connectivity index (χ2n) is 2.75. The SMILES string of the molecule is CNc1c(C(=O)O)c(NC)n(NC)c1I. The van der Waals surface area contributed by atoms with Gasteiger partial charge in [0, 0.05) is 21.1 Å². The topological polar surface area (TPSA) is 78.3 Å². The summed E-state index contributed by atoms with van der Waals surface area (Å²) in [6.45, 7) is 0. The highest BCUT2D eigenvalue weighted by atomic mass is 127. The monoisotopic (exact) mass is 324 g/mol. The summed E-state index contributed by atoms with van der Waals surface area (Å²) >= 11 is 2.08. The number of anilines is 2. The Balaban J connectivity index is 3.51. The van der Waals surface area contributed by atoms with Crippen molar-refractivity contribution in [3.8, 4) is 0 Å². The molecular weight excluding hydrogens is 311 g/mol. The molecular formula is C8H13IN4O2.